The quantitative estimate of drug-likeness (QED) is 0.448. The molecule has 1 heterocycles. The van der Waals surface area contributed by atoms with Crippen molar-refractivity contribution < 1.29 is 128 Å². The number of hydrogen-bond donors (Lipinski definition) is 2. The smallest absolute Gasteiger partial charge is 0.652 e. The number of hydrogen-bond acceptors (Lipinski definition) is 6. The number of carbonyl (C=O) groups excluding carboxylic acids is 1. The SMILES string of the molecule is O=C([O-])[O-].O[B]O.[K+].[K+].c1ccncc1. The molecular weight excluding hydrogens is 255 g/mol. The molecular formula is C6H7BK2NO5. The van der Waals surface area contributed by atoms with E-state index in [0.29, 0.717) is 0 Å². The van der Waals surface area contributed by atoms with Gasteiger partial charge in [0.15, 0.2) is 0 Å². The van der Waals surface area contributed by atoms with Crippen LogP contribution >= 0.6 is 0 Å². The predicted octanol–water partition coefficient (Wildman–Crippen LogP) is -8.85. The summed E-state index contributed by atoms with van der Waals surface area (Å²) in [6, 6.07) is 5.72. The van der Waals surface area contributed by atoms with Crippen molar-refractivity contribution in [1.82, 2.24) is 4.98 Å². The fraction of sp³-hybridized carbons (Fsp3) is 0. The van der Waals surface area contributed by atoms with Crippen molar-refractivity contribution in [3.63, 3.8) is 0 Å². The Hall–Kier alpha value is 1.68. The third kappa shape index (κ3) is 49.8. The van der Waals surface area contributed by atoms with Crippen LogP contribution in [0.1, 0.15) is 0 Å². The van der Waals surface area contributed by atoms with Crippen LogP contribution in [-0.2, 0) is 0 Å². The molecule has 15 heavy (non-hydrogen) atoms. The molecule has 0 fully saturated rings. The maximum absolute atomic E-state index is 8.33. The topological polar surface area (TPSA) is 117 Å². The molecule has 0 saturated heterocycles. The van der Waals surface area contributed by atoms with E-state index in [1.54, 1.807) is 12.4 Å². The fourth-order valence-corrected chi connectivity index (χ4v) is 0.313. The Morgan fingerprint density at radius 3 is 1.40 bits per heavy atom. The maximum Gasteiger partial charge on any atom is 1.00 e. The number of rotatable bonds is 0. The van der Waals surface area contributed by atoms with Gasteiger partial charge in [-0.3, -0.25) is 4.98 Å². The van der Waals surface area contributed by atoms with Gasteiger partial charge in [0.2, 0.25) is 0 Å². The largest absolute Gasteiger partial charge is 1.00 e. The van der Waals surface area contributed by atoms with Gasteiger partial charge in [0.05, 0.1) is 0 Å². The number of aromatic nitrogens is 1. The van der Waals surface area contributed by atoms with E-state index in [1.807, 2.05) is 18.2 Å². The Balaban J connectivity index is -0.0000000608. The Kier molecular flexibility index (Phi) is 42.1. The summed E-state index contributed by atoms with van der Waals surface area (Å²) in [4.78, 5) is 12.1. The van der Waals surface area contributed by atoms with E-state index in [9.17, 15) is 0 Å². The zero-order valence-electron chi connectivity index (χ0n) is 8.53. The summed E-state index contributed by atoms with van der Waals surface area (Å²) in [6.07, 6.45) is 1.17. The van der Waals surface area contributed by atoms with E-state index >= 15 is 0 Å². The normalized spacial score (nSPS) is 5.73. The molecule has 6 nitrogen and oxygen atoms in total. The van der Waals surface area contributed by atoms with E-state index in [4.69, 9.17) is 25.1 Å². The molecule has 0 aliphatic rings. The Labute approximate surface area is 173 Å². The van der Waals surface area contributed by atoms with E-state index in [0.717, 1.165) is 0 Å². The molecule has 0 bridgehead atoms. The molecule has 0 aromatic carbocycles. The van der Waals surface area contributed by atoms with Gasteiger partial charge in [-0.25, -0.2) is 0 Å². The van der Waals surface area contributed by atoms with Crippen molar-refractivity contribution in [2.24, 2.45) is 0 Å². The van der Waals surface area contributed by atoms with Crippen LogP contribution in [0.25, 0.3) is 0 Å². The molecule has 0 amide bonds. The number of carboxylic acid groups (broad SMARTS) is 2. The van der Waals surface area contributed by atoms with Gasteiger partial charge < -0.3 is 25.1 Å². The molecule has 1 aromatic heterocycles. The van der Waals surface area contributed by atoms with Crippen LogP contribution in [0.2, 0.25) is 0 Å². The molecule has 1 radical (unpaired) electrons. The summed E-state index contributed by atoms with van der Waals surface area (Å²) >= 11 is 0. The van der Waals surface area contributed by atoms with Gasteiger partial charge in [0, 0.05) is 12.4 Å². The fourth-order valence-electron chi connectivity index (χ4n) is 0.313. The second-order valence-electron chi connectivity index (χ2n) is 1.39. The molecule has 0 saturated carbocycles. The van der Waals surface area contributed by atoms with E-state index in [1.165, 1.54) is 0 Å². The van der Waals surface area contributed by atoms with Gasteiger partial charge in [-0.2, -0.15) is 0 Å². The first kappa shape index (κ1) is 25.5. The Morgan fingerprint density at radius 2 is 1.33 bits per heavy atom. The second-order valence-corrected chi connectivity index (χ2v) is 1.39. The van der Waals surface area contributed by atoms with Crippen LogP contribution in [0.3, 0.4) is 0 Å². The minimum absolute atomic E-state index is 0. The number of carbonyl (C=O) groups is 1. The van der Waals surface area contributed by atoms with Gasteiger partial charge in [-0.05, 0) is 18.3 Å². The van der Waals surface area contributed by atoms with Crippen molar-refractivity contribution in [1.29, 1.82) is 0 Å². The molecule has 9 heteroatoms. The summed E-state index contributed by atoms with van der Waals surface area (Å²) < 4.78 is 0. The first-order valence-electron chi connectivity index (χ1n) is 2.98. The van der Waals surface area contributed by atoms with E-state index in [-0.39, 0.29) is 110 Å². The van der Waals surface area contributed by atoms with Crippen molar-refractivity contribution >= 4 is 13.8 Å². The maximum atomic E-state index is 8.33. The zero-order chi connectivity index (χ0) is 10.5. The molecule has 71 valence electrons. The van der Waals surface area contributed by atoms with Gasteiger partial charge >= 0.3 is 110 Å². The van der Waals surface area contributed by atoms with Crippen molar-refractivity contribution in [2.75, 3.05) is 0 Å². The van der Waals surface area contributed by atoms with Gasteiger partial charge in [-0.1, -0.05) is 6.07 Å². The predicted molar refractivity (Wildman–Crippen MR) is 39.8 cm³/mol. The van der Waals surface area contributed by atoms with Crippen LogP contribution in [0.15, 0.2) is 30.6 Å². The minimum Gasteiger partial charge on any atom is -0.652 e. The monoisotopic (exact) mass is 262 g/mol. The standard InChI is InChI=1S/C5H5N.CH2O3.BH2O2.2K/c1-2-4-6-5-3-1;2-1(3)4;2-1-3;;/h1-5H;(H2,2,3,4);2-3H;;/q;;;2*+1/p-2. The van der Waals surface area contributed by atoms with Gasteiger partial charge in [0.25, 0.3) is 0 Å². The minimum atomic E-state index is -2.33. The molecule has 0 atom stereocenters. The summed E-state index contributed by atoms with van der Waals surface area (Å²) in [7, 11) is 0. The average molecular weight is 262 g/mol. The Bertz CT molecular complexity index is 173. The molecule has 0 unspecified atom stereocenters. The number of nitrogens with zero attached hydrogens (tertiary/aromatic N) is 1. The Morgan fingerprint density at radius 1 is 1.07 bits per heavy atom. The molecule has 1 aromatic rings. The molecule has 0 spiro atoms. The average Bonchev–Trinajstić information content (AvgIpc) is 2.08. The second kappa shape index (κ2) is 24.8. The van der Waals surface area contributed by atoms with E-state index in [2.05, 4.69) is 4.98 Å². The van der Waals surface area contributed by atoms with Crippen LogP contribution in [0.4, 0.5) is 4.79 Å². The van der Waals surface area contributed by atoms with Crippen molar-refractivity contribution in [3.8, 4) is 0 Å². The molecule has 0 aliphatic heterocycles. The third-order valence-electron chi connectivity index (χ3n) is 0.566. The summed E-state index contributed by atoms with van der Waals surface area (Å²) in [5, 5.41) is 30.7. The summed E-state index contributed by atoms with van der Waals surface area (Å²) in [6.45, 7) is 0. The zero-order valence-corrected chi connectivity index (χ0v) is 14.8. The van der Waals surface area contributed by atoms with Crippen molar-refractivity contribution in [2.45, 2.75) is 0 Å². The van der Waals surface area contributed by atoms with Crippen LogP contribution in [-0.4, -0.2) is 28.9 Å². The summed E-state index contributed by atoms with van der Waals surface area (Å²) in [5.41, 5.74) is 0. The third-order valence-corrected chi connectivity index (χ3v) is 0.566. The first-order valence-corrected chi connectivity index (χ1v) is 2.98. The van der Waals surface area contributed by atoms with Crippen LogP contribution < -0.4 is 113 Å². The van der Waals surface area contributed by atoms with Crippen LogP contribution in [0.5, 0.6) is 0 Å². The summed E-state index contributed by atoms with van der Waals surface area (Å²) in [5.74, 6) is 0. The van der Waals surface area contributed by atoms with E-state index < -0.39 is 6.16 Å². The first-order chi connectivity index (χ1) is 6.15. The molecule has 2 N–H and O–H groups in total. The van der Waals surface area contributed by atoms with Crippen LogP contribution in [0, 0.1) is 0 Å². The van der Waals surface area contributed by atoms with Gasteiger partial charge in [-0.15, -0.1) is 0 Å². The van der Waals surface area contributed by atoms with Gasteiger partial charge in [0.1, 0.15) is 0 Å². The number of pyridine rings is 1. The molecule has 0 aliphatic carbocycles. The van der Waals surface area contributed by atoms with Crippen molar-refractivity contribution in [3.05, 3.63) is 30.6 Å². The molecule has 1 rings (SSSR count).